The van der Waals surface area contributed by atoms with Crippen molar-refractivity contribution in [3.8, 4) is 11.5 Å². The average Bonchev–Trinajstić information content (AvgIpc) is 2.54. The van der Waals surface area contributed by atoms with Crippen LogP contribution in [0.25, 0.3) is 5.65 Å². The van der Waals surface area contributed by atoms with Crippen LogP contribution in [-0.2, 0) is 6.42 Å². The van der Waals surface area contributed by atoms with E-state index in [0.717, 1.165) is 5.56 Å². The van der Waals surface area contributed by atoms with E-state index in [1.165, 1.54) is 7.11 Å². The number of nitrogen functional groups attached to an aromatic ring is 1. The first-order chi connectivity index (χ1) is 11.0. The highest BCUT2D eigenvalue weighted by Gasteiger charge is 2.15. The molecule has 0 aliphatic carbocycles. The smallest absolute Gasteiger partial charge is 0.278 e. The Morgan fingerprint density at radius 1 is 1.30 bits per heavy atom. The fourth-order valence-electron chi connectivity index (χ4n) is 2.54. The fourth-order valence-corrected chi connectivity index (χ4v) is 2.54. The van der Waals surface area contributed by atoms with Crippen LogP contribution < -0.4 is 16.0 Å². The van der Waals surface area contributed by atoms with E-state index in [0.29, 0.717) is 28.3 Å². The van der Waals surface area contributed by atoms with Crippen molar-refractivity contribution in [3.63, 3.8) is 0 Å². The topological polar surface area (TPSA) is 89.9 Å². The first-order valence-corrected chi connectivity index (χ1v) is 7.13. The van der Waals surface area contributed by atoms with E-state index in [4.69, 9.17) is 10.5 Å². The summed E-state index contributed by atoms with van der Waals surface area (Å²) in [5, 5.41) is 10.2. The van der Waals surface area contributed by atoms with Gasteiger partial charge in [0.1, 0.15) is 11.5 Å². The predicted octanol–water partition coefficient (Wildman–Crippen LogP) is 1.89. The van der Waals surface area contributed by atoms with Gasteiger partial charge in [-0.2, -0.15) is 4.98 Å². The number of benzene rings is 1. The summed E-state index contributed by atoms with van der Waals surface area (Å²) in [6.45, 7) is 1.94. The summed E-state index contributed by atoms with van der Waals surface area (Å²) in [6, 6.07) is 8.74. The number of hydrogen-bond acceptors (Lipinski definition) is 5. The van der Waals surface area contributed by atoms with Gasteiger partial charge in [-0.15, -0.1) is 0 Å². The largest absolute Gasteiger partial charge is 0.504 e. The molecule has 0 aliphatic heterocycles. The van der Waals surface area contributed by atoms with E-state index in [1.54, 1.807) is 28.7 Å². The third-order valence-electron chi connectivity index (χ3n) is 3.79. The van der Waals surface area contributed by atoms with E-state index in [-0.39, 0.29) is 12.2 Å². The monoisotopic (exact) mass is 311 g/mol. The standard InChI is InChI=1S/C17H17N3O3/c1-10-6-7-14-19-17(22)12(16(18)20(14)9-10)8-11-4-3-5-13(23-2)15(11)21/h3-7,9,21H,8,18H2,1-2H3. The summed E-state index contributed by atoms with van der Waals surface area (Å²) in [7, 11) is 1.47. The Balaban J connectivity index is 2.16. The quantitative estimate of drug-likeness (QED) is 0.771. The van der Waals surface area contributed by atoms with Gasteiger partial charge in [-0.25, -0.2) is 0 Å². The van der Waals surface area contributed by atoms with Crippen LogP contribution in [0.2, 0.25) is 0 Å². The molecule has 0 aliphatic rings. The molecule has 0 saturated heterocycles. The lowest BCUT2D eigenvalue weighted by Gasteiger charge is -2.12. The molecule has 0 radical (unpaired) electrons. The molecular formula is C17H17N3O3. The highest BCUT2D eigenvalue weighted by Crippen LogP contribution is 2.31. The number of aromatic nitrogens is 2. The summed E-state index contributed by atoms with van der Waals surface area (Å²) < 4.78 is 6.77. The number of nitrogens with zero attached hydrogens (tertiary/aromatic N) is 2. The van der Waals surface area contributed by atoms with Crippen molar-refractivity contribution in [2.45, 2.75) is 13.3 Å². The van der Waals surface area contributed by atoms with Gasteiger partial charge in [0.05, 0.1) is 12.7 Å². The summed E-state index contributed by atoms with van der Waals surface area (Å²) in [5.74, 6) is 0.680. The number of pyridine rings is 1. The van der Waals surface area contributed by atoms with Crippen LogP contribution in [0.15, 0.2) is 41.3 Å². The number of phenols is 1. The molecule has 6 heteroatoms. The van der Waals surface area contributed by atoms with Gasteiger partial charge in [0, 0.05) is 18.2 Å². The second-order valence-corrected chi connectivity index (χ2v) is 5.36. The first kappa shape index (κ1) is 14.9. The van der Waals surface area contributed by atoms with Crippen LogP contribution >= 0.6 is 0 Å². The van der Waals surface area contributed by atoms with E-state index < -0.39 is 5.56 Å². The Morgan fingerprint density at radius 2 is 2.09 bits per heavy atom. The zero-order valence-electron chi connectivity index (χ0n) is 12.9. The van der Waals surface area contributed by atoms with E-state index >= 15 is 0 Å². The minimum atomic E-state index is -0.395. The zero-order valence-corrected chi connectivity index (χ0v) is 12.9. The van der Waals surface area contributed by atoms with Crippen molar-refractivity contribution in [2.24, 2.45) is 0 Å². The SMILES string of the molecule is COc1cccc(Cc2c(N)n3cc(C)ccc3nc2=O)c1O. The number of rotatable bonds is 3. The second-order valence-electron chi connectivity index (χ2n) is 5.36. The molecule has 118 valence electrons. The summed E-state index contributed by atoms with van der Waals surface area (Å²) in [4.78, 5) is 16.4. The maximum atomic E-state index is 12.3. The van der Waals surface area contributed by atoms with Crippen LogP contribution in [0.4, 0.5) is 5.82 Å². The maximum absolute atomic E-state index is 12.3. The predicted molar refractivity (Wildman–Crippen MR) is 88.1 cm³/mol. The van der Waals surface area contributed by atoms with E-state index in [1.807, 2.05) is 19.2 Å². The number of hydrogen-bond donors (Lipinski definition) is 2. The van der Waals surface area contributed by atoms with Crippen LogP contribution in [0.5, 0.6) is 11.5 Å². The molecule has 0 fully saturated rings. The fraction of sp³-hybridized carbons (Fsp3) is 0.176. The molecular weight excluding hydrogens is 294 g/mol. The number of para-hydroxylation sites is 1. The molecule has 0 bridgehead atoms. The second kappa shape index (κ2) is 5.64. The van der Waals surface area contributed by atoms with Gasteiger partial charge in [-0.05, 0) is 24.6 Å². The van der Waals surface area contributed by atoms with Crippen molar-refractivity contribution in [1.29, 1.82) is 0 Å². The summed E-state index contributed by atoms with van der Waals surface area (Å²) in [5.41, 5.74) is 8.18. The van der Waals surface area contributed by atoms with Crippen molar-refractivity contribution in [1.82, 2.24) is 9.38 Å². The Morgan fingerprint density at radius 3 is 2.83 bits per heavy atom. The number of fused-ring (bicyclic) bond motifs is 1. The molecule has 2 aromatic heterocycles. The Kier molecular flexibility index (Phi) is 3.65. The van der Waals surface area contributed by atoms with E-state index in [9.17, 15) is 9.90 Å². The molecule has 2 heterocycles. The lowest BCUT2D eigenvalue weighted by atomic mass is 10.0. The molecule has 0 unspecified atom stereocenters. The van der Waals surface area contributed by atoms with Crippen LogP contribution in [-0.4, -0.2) is 21.6 Å². The molecule has 3 rings (SSSR count). The van der Waals surface area contributed by atoms with Crippen molar-refractivity contribution < 1.29 is 9.84 Å². The molecule has 6 nitrogen and oxygen atoms in total. The number of ether oxygens (including phenoxy) is 1. The lowest BCUT2D eigenvalue weighted by Crippen LogP contribution is -2.20. The third kappa shape index (κ3) is 2.59. The number of aryl methyl sites for hydroxylation is 1. The van der Waals surface area contributed by atoms with Gasteiger partial charge in [-0.1, -0.05) is 18.2 Å². The number of methoxy groups -OCH3 is 1. The molecule has 23 heavy (non-hydrogen) atoms. The number of aromatic hydroxyl groups is 1. The number of anilines is 1. The van der Waals surface area contributed by atoms with E-state index in [2.05, 4.69) is 4.98 Å². The van der Waals surface area contributed by atoms with Gasteiger partial charge >= 0.3 is 0 Å². The minimum absolute atomic E-state index is 0.00291. The van der Waals surface area contributed by atoms with Gasteiger partial charge < -0.3 is 15.6 Å². The van der Waals surface area contributed by atoms with Gasteiger partial charge in [0.25, 0.3) is 5.56 Å². The molecule has 3 N–H and O–H groups in total. The summed E-state index contributed by atoms with van der Waals surface area (Å²) in [6.07, 6.45) is 2.00. The lowest BCUT2D eigenvalue weighted by molar-refractivity contribution is 0.371. The Bertz CT molecular complexity index is 948. The van der Waals surface area contributed by atoms with Crippen molar-refractivity contribution >= 4 is 11.5 Å². The van der Waals surface area contributed by atoms with Gasteiger partial charge in [-0.3, -0.25) is 9.20 Å². The molecule has 0 saturated carbocycles. The van der Waals surface area contributed by atoms with Crippen LogP contribution in [0, 0.1) is 6.92 Å². The van der Waals surface area contributed by atoms with Crippen LogP contribution in [0.3, 0.4) is 0 Å². The third-order valence-corrected chi connectivity index (χ3v) is 3.79. The highest BCUT2D eigenvalue weighted by molar-refractivity contribution is 5.54. The number of nitrogens with two attached hydrogens (primary N) is 1. The van der Waals surface area contributed by atoms with Gasteiger partial charge in [0.15, 0.2) is 11.5 Å². The molecule has 0 atom stereocenters. The Hall–Kier alpha value is -3.02. The Labute approximate surface area is 132 Å². The minimum Gasteiger partial charge on any atom is -0.504 e. The molecule has 0 amide bonds. The van der Waals surface area contributed by atoms with Crippen molar-refractivity contribution in [2.75, 3.05) is 12.8 Å². The number of phenolic OH excluding ortho intramolecular Hbond substituents is 1. The highest BCUT2D eigenvalue weighted by atomic mass is 16.5. The molecule has 1 aromatic carbocycles. The zero-order chi connectivity index (χ0) is 16.6. The maximum Gasteiger partial charge on any atom is 0.278 e. The van der Waals surface area contributed by atoms with Gasteiger partial charge in [0.2, 0.25) is 0 Å². The molecule has 0 spiro atoms. The first-order valence-electron chi connectivity index (χ1n) is 7.13. The molecule has 3 aromatic rings. The summed E-state index contributed by atoms with van der Waals surface area (Å²) >= 11 is 0. The van der Waals surface area contributed by atoms with Crippen LogP contribution in [0.1, 0.15) is 16.7 Å². The average molecular weight is 311 g/mol. The normalized spacial score (nSPS) is 10.9. The van der Waals surface area contributed by atoms with Crippen molar-refractivity contribution in [3.05, 3.63) is 63.6 Å².